The molecule has 2 rings (SSSR count). The van der Waals surface area contributed by atoms with Gasteiger partial charge in [-0.15, -0.1) is 0 Å². The summed E-state index contributed by atoms with van der Waals surface area (Å²) in [5.41, 5.74) is 2.35. The van der Waals surface area contributed by atoms with E-state index >= 15 is 0 Å². The Labute approximate surface area is 130 Å². The van der Waals surface area contributed by atoms with Crippen LogP contribution in [-0.2, 0) is 6.42 Å². The molecule has 0 radical (unpaired) electrons. The molecule has 0 spiro atoms. The molecule has 1 aliphatic rings. The van der Waals surface area contributed by atoms with Crippen molar-refractivity contribution in [2.45, 2.75) is 69.9 Å². The Morgan fingerprint density at radius 3 is 2.10 bits per heavy atom. The lowest BCUT2D eigenvalue weighted by Crippen LogP contribution is -2.49. The third-order valence-electron chi connectivity index (χ3n) is 5.20. The zero-order valence-corrected chi connectivity index (χ0v) is 13.9. The lowest BCUT2D eigenvalue weighted by molar-refractivity contribution is -0.0198. The number of hydrogen-bond donors (Lipinski definition) is 1. The molecule has 118 valence electrons. The Kier molecular flexibility index (Phi) is 5.83. The highest BCUT2D eigenvalue weighted by Crippen LogP contribution is 2.41. The maximum atomic E-state index is 11.1. The molecule has 1 atom stereocenters. The number of nitrogens with zero attached hydrogens (tertiary/aromatic N) is 1. The van der Waals surface area contributed by atoms with Crippen LogP contribution in [0, 0.1) is 0 Å². The standard InChI is InChI=1S/C19H31NO/c1-4-9-16-10-12-17(13-11-16)18(21)19(20(2)3)14-7-5-6-8-15-19/h10-13,18,21H,4-9,14-15H2,1-3H3. The van der Waals surface area contributed by atoms with Gasteiger partial charge in [0.15, 0.2) is 0 Å². The molecule has 0 aromatic heterocycles. The van der Waals surface area contributed by atoms with Crippen LogP contribution < -0.4 is 0 Å². The first kappa shape index (κ1) is 16.5. The van der Waals surface area contributed by atoms with Crippen LogP contribution in [0.25, 0.3) is 0 Å². The van der Waals surface area contributed by atoms with Crippen molar-refractivity contribution in [2.24, 2.45) is 0 Å². The molecule has 1 aromatic carbocycles. The highest BCUT2D eigenvalue weighted by molar-refractivity contribution is 5.27. The van der Waals surface area contributed by atoms with Gasteiger partial charge in [0.25, 0.3) is 0 Å². The van der Waals surface area contributed by atoms with Gasteiger partial charge in [0.2, 0.25) is 0 Å². The molecule has 1 unspecified atom stereocenters. The number of aliphatic hydroxyl groups is 1. The highest BCUT2D eigenvalue weighted by Gasteiger charge is 2.40. The van der Waals surface area contributed by atoms with Crippen molar-refractivity contribution in [2.75, 3.05) is 14.1 Å². The number of benzene rings is 1. The van der Waals surface area contributed by atoms with E-state index in [9.17, 15) is 5.11 Å². The molecule has 0 bridgehead atoms. The Morgan fingerprint density at radius 1 is 1.05 bits per heavy atom. The van der Waals surface area contributed by atoms with Crippen molar-refractivity contribution < 1.29 is 5.11 Å². The SMILES string of the molecule is CCCc1ccc(C(O)C2(N(C)C)CCCCCC2)cc1. The average molecular weight is 289 g/mol. The van der Waals surface area contributed by atoms with Gasteiger partial charge in [-0.2, -0.15) is 0 Å². The molecular formula is C19H31NO. The second kappa shape index (κ2) is 7.42. The third-order valence-corrected chi connectivity index (χ3v) is 5.20. The van der Waals surface area contributed by atoms with E-state index in [2.05, 4.69) is 50.2 Å². The first-order valence-electron chi connectivity index (χ1n) is 8.54. The van der Waals surface area contributed by atoms with Gasteiger partial charge in [-0.25, -0.2) is 0 Å². The summed E-state index contributed by atoms with van der Waals surface area (Å²) in [4.78, 5) is 2.27. The zero-order valence-electron chi connectivity index (χ0n) is 13.9. The molecule has 21 heavy (non-hydrogen) atoms. The number of hydrogen-bond acceptors (Lipinski definition) is 2. The smallest absolute Gasteiger partial charge is 0.0973 e. The van der Waals surface area contributed by atoms with Crippen LogP contribution in [0.3, 0.4) is 0 Å². The fourth-order valence-corrected chi connectivity index (χ4v) is 3.77. The molecule has 1 fully saturated rings. The van der Waals surface area contributed by atoms with E-state index in [1.807, 2.05) is 0 Å². The fourth-order valence-electron chi connectivity index (χ4n) is 3.77. The topological polar surface area (TPSA) is 23.5 Å². The summed E-state index contributed by atoms with van der Waals surface area (Å²) in [6, 6.07) is 8.63. The van der Waals surface area contributed by atoms with Crippen LogP contribution in [-0.4, -0.2) is 29.6 Å². The minimum absolute atomic E-state index is 0.0945. The number of aliphatic hydroxyl groups excluding tert-OH is 1. The molecule has 1 N–H and O–H groups in total. The lowest BCUT2D eigenvalue weighted by Gasteiger charge is -2.43. The molecule has 2 heteroatoms. The van der Waals surface area contributed by atoms with Crippen LogP contribution in [0.15, 0.2) is 24.3 Å². The summed E-state index contributed by atoms with van der Waals surface area (Å²) >= 11 is 0. The monoisotopic (exact) mass is 289 g/mol. The van der Waals surface area contributed by atoms with Crippen LogP contribution in [0.1, 0.15) is 69.1 Å². The second-order valence-electron chi connectivity index (χ2n) is 6.81. The van der Waals surface area contributed by atoms with E-state index in [4.69, 9.17) is 0 Å². The van der Waals surface area contributed by atoms with Crippen molar-refractivity contribution >= 4 is 0 Å². The minimum Gasteiger partial charge on any atom is -0.386 e. The lowest BCUT2D eigenvalue weighted by atomic mass is 9.80. The van der Waals surface area contributed by atoms with Gasteiger partial charge in [0.1, 0.15) is 0 Å². The van der Waals surface area contributed by atoms with Crippen molar-refractivity contribution in [1.82, 2.24) is 4.90 Å². The highest BCUT2D eigenvalue weighted by atomic mass is 16.3. The van der Waals surface area contributed by atoms with Gasteiger partial charge in [-0.1, -0.05) is 63.3 Å². The van der Waals surface area contributed by atoms with Gasteiger partial charge in [0.05, 0.1) is 11.6 Å². The molecular weight excluding hydrogens is 258 g/mol. The molecule has 0 amide bonds. The maximum Gasteiger partial charge on any atom is 0.0973 e. The third kappa shape index (κ3) is 3.67. The van der Waals surface area contributed by atoms with Crippen molar-refractivity contribution in [3.8, 4) is 0 Å². The normalized spacial score (nSPS) is 20.2. The quantitative estimate of drug-likeness (QED) is 0.816. The number of aryl methyl sites for hydroxylation is 1. The molecule has 1 saturated carbocycles. The van der Waals surface area contributed by atoms with E-state index in [-0.39, 0.29) is 11.6 Å². The van der Waals surface area contributed by atoms with Gasteiger partial charge in [-0.05, 0) is 44.5 Å². The first-order chi connectivity index (χ1) is 10.1. The van der Waals surface area contributed by atoms with Gasteiger partial charge < -0.3 is 10.0 Å². The number of likely N-dealkylation sites (N-methyl/N-ethyl adjacent to an activating group) is 1. The predicted octanol–water partition coefficient (Wildman–Crippen LogP) is 4.33. The molecule has 0 aliphatic heterocycles. The molecule has 0 saturated heterocycles. The second-order valence-corrected chi connectivity index (χ2v) is 6.81. The van der Waals surface area contributed by atoms with E-state index in [0.29, 0.717) is 0 Å². The molecule has 1 aromatic rings. The maximum absolute atomic E-state index is 11.1. The van der Waals surface area contributed by atoms with Gasteiger partial charge in [-0.3, -0.25) is 0 Å². The summed E-state index contributed by atoms with van der Waals surface area (Å²) in [7, 11) is 4.25. The molecule has 0 heterocycles. The van der Waals surface area contributed by atoms with E-state index in [0.717, 1.165) is 24.8 Å². The van der Waals surface area contributed by atoms with Crippen LogP contribution >= 0.6 is 0 Å². The number of rotatable bonds is 5. The van der Waals surface area contributed by atoms with Crippen LogP contribution in [0.2, 0.25) is 0 Å². The Balaban J connectivity index is 2.22. The fraction of sp³-hybridized carbons (Fsp3) is 0.684. The largest absolute Gasteiger partial charge is 0.386 e. The van der Waals surface area contributed by atoms with E-state index < -0.39 is 0 Å². The van der Waals surface area contributed by atoms with Crippen molar-refractivity contribution in [3.05, 3.63) is 35.4 Å². The average Bonchev–Trinajstić information content (AvgIpc) is 2.74. The summed E-state index contributed by atoms with van der Waals surface area (Å²) in [5, 5.41) is 11.1. The summed E-state index contributed by atoms with van der Waals surface area (Å²) in [6.07, 6.45) is 9.15. The zero-order chi connectivity index (χ0) is 15.3. The van der Waals surface area contributed by atoms with Crippen LogP contribution in [0.4, 0.5) is 0 Å². The van der Waals surface area contributed by atoms with E-state index in [1.54, 1.807) is 0 Å². The van der Waals surface area contributed by atoms with Crippen molar-refractivity contribution in [3.63, 3.8) is 0 Å². The summed E-state index contributed by atoms with van der Waals surface area (Å²) in [6.45, 7) is 2.20. The van der Waals surface area contributed by atoms with Crippen molar-refractivity contribution in [1.29, 1.82) is 0 Å². The Hall–Kier alpha value is -0.860. The Bertz CT molecular complexity index is 416. The predicted molar refractivity (Wildman–Crippen MR) is 89.5 cm³/mol. The minimum atomic E-state index is -0.388. The summed E-state index contributed by atoms with van der Waals surface area (Å²) in [5.74, 6) is 0. The Morgan fingerprint density at radius 2 is 1.62 bits per heavy atom. The van der Waals surface area contributed by atoms with Crippen LogP contribution in [0.5, 0.6) is 0 Å². The molecule has 1 aliphatic carbocycles. The summed E-state index contributed by atoms with van der Waals surface area (Å²) < 4.78 is 0. The van der Waals surface area contributed by atoms with Gasteiger partial charge >= 0.3 is 0 Å². The molecule has 2 nitrogen and oxygen atoms in total. The van der Waals surface area contributed by atoms with E-state index in [1.165, 1.54) is 37.7 Å². The first-order valence-corrected chi connectivity index (χ1v) is 8.54. The van der Waals surface area contributed by atoms with Gasteiger partial charge in [0, 0.05) is 0 Å².